The minimum absolute atomic E-state index is 0.215. The number of carbonyl (C=O) groups is 1. The fraction of sp³-hybridized carbons (Fsp3) is 0.462. The Morgan fingerprint density at radius 1 is 1.28 bits per heavy atom. The van der Waals surface area contributed by atoms with Crippen molar-refractivity contribution in [2.24, 2.45) is 5.73 Å². The number of nitrogens with two attached hydrogens (primary N) is 1. The summed E-state index contributed by atoms with van der Waals surface area (Å²) in [5.74, 6) is 1.15. The van der Waals surface area contributed by atoms with Crippen molar-refractivity contribution in [3.8, 4) is 11.5 Å². The zero-order valence-corrected chi connectivity index (χ0v) is 10.7. The predicted molar refractivity (Wildman–Crippen MR) is 67.9 cm³/mol. The van der Waals surface area contributed by atoms with Gasteiger partial charge < -0.3 is 20.5 Å². The fourth-order valence-corrected chi connectivity index (χ4v) is 2.34. The van der Waals surface area contributed by atoms with Crippen LogP contribution in [-0.2, 0) is 17.6 Å². The summed E-state index contributed by atoms with van der Waals surface area (Å²) in [6.07, 6.45) is 1.76. The van der Waals surface area contributed by atoms with E-state index in [0.717, 1.165) is 24.3 Å². The molecule has 3 N–H and O–H groups in total. The highest BCUT2D eigenvalue weighted by Gasteiger charge is 2.23. The Bertz CT molecular complexity index is 427. The van der Waals surface area contributed by atoms with Crippen molar-refractivity contribution in [2.45, 2.75) is 18.9 Å². The van der Waals surface area contributed by atoms with Gasteiger partial charge in [-0.3, -0.25) is 4.79 Å². The highest BCUT2D eigenvalue weighted by molar-refractivity contribution is 5.75. The first-order chi connectivity index (χ1) is 8.63. The summed E-state index contributed by atoms with van der Waals surface area (Å²) >= 11 is 0. The molecule has 98 valence electrons. The normalized spacial score (nSPS) is 14.3. The zero-order chi connectivity index (χ0) is 13.1. The Morgan fingerprint density at radius 2 is 1.78 bits per heavy atom. The molecule has 1 aliphatic rings. The van der Waals surface area contributed by atoms with Gasteiger partial charge in [0.2, 0.25) is 5.91 Å². The molecule has 1 aliphatic carbocycles. The molecule has 0 unspecified atom stereocenters. The van der Waals surface area contributed by atoms with Crippen LogP contribution in [0.5, 0.6) is 11.5 Å². The first-order valence-corrected chi connectivity index (χ1v) is 5.89. The number of benzene rings is 1. The zero-order valence-electron chi connectivity index (χ0n) is 10.7. The van der Waals surface area contributed by atoms with Gasteiger partial charge >= 0.3 is 0 Å². The summed E-state index contributed by atoms with van der Waals surface area (Å²) in [5.41, 5.74) is 7.59. The third kappa shape index (κ3) is 2.56. The third-order valence-corrected chi connectivity index (χ3v) is 3.20. The van der Waals surface area contributed by atoms with E-state index in [1.54, 1.807) is 14.2 Å². The molecule has 5 heteroatoms. The van der Waals surface area contributed by atoms with Crippen LogP contribution in [0.3, 0.4) is 0 Å². The number of methoxy groups -OCH3 is 2. The lowest BCUT2D eigenvalue weighted by atomic mass is 10.1. The van der Waals surface area contributed by atoms with Crippen LogP contribution < -0.4 is 20.5 Å². The van der Waals surface area contributed by atoms with Crippen LogP contribution in [-0.4, -0.2) is 32.7 Å². The standard InChI is InChI=1S/C13H18N2O3/c1-17-11-5-8-3-10(15-7-13(14)16)4-9(8)6-12(11)18-2/h5-6,10,15H,3-4,7H2,1-2H3,(H2,14,16). The predicted octanol–water partition coefficient (Wildman–Crippen LogP) is 0.246. The molecule has 0 aliphatic heterocycles. The summed E-state index contributed by atoms with van der Waals surface area (Å²) in [4.78, 5) is 10.7. The number of rotatable bonds is 5. The van der Waals surface area contributed by atoms with Crippen LogP contribution in [0, 0.1) is 0 Å². The van der Waals surface area contributed by atoms with Crippen molar-refractivity contribution in [2.75, 3.05) is 20.8 Å². The second-order valence-electron chi connectivity index (χ2n) is 4.43. The lowest BCUT2D eigenvalue weighted by Crippen LogP contribution is -2.36. The number of primary amides is 1. The highest BCUT2D eigenvalue weighted by atomic mass is 16.5. The van der Waals surface area contributed by atoms with Gasteiger partial charge in [-0.25, -0.2) is 0 Å². The van der Waals surface area contributed by atoms with E-state index in [-0.39, 0.29) is 18.5 Å². The molecular weight excluding hydrogens is 232 g/mol. The number of hydrogen-bond acceptors (Lipinski definition) is 4. The number of amides is 1. The SMILES string of the molecule is COc1cc2c(cc1OC)CC(NCC(N)=O)C2. The topological polar surface area (TPSA) is 73.6 Å². The van der Waals surface area contributed by atoms with Crippen LogP contribution in [0.4, 0.5) is 0 Å². The molecule has 1 aromatic rings. The molecular formula is C13H18N2O3. The van der Waals surface area contributed by atoms with E-state index in [0.29, 0.717) is 0 Å². The van der Waals surface area contributed by atoms with Crippen molar-refractivity contribution >= 4 is 5.91 Å². The molecule has 0 saturated heterocycles. The molecule has 0 saturated carbocycles. The van der Waals surface area contributed by atoms with Crippen molar-refractivity contribution in [1.29, 1.82) is 0 Å². The summed E-state index contributed by atoms with van der Waals surface area (Å²) in [5, 5.41) is 3.15. The Labute approximate surface area is 106 Å². The van der Waals surface area contributed by atoms with E-state index < -0.39 is 0 Å². The van der Waals surface area contributed by atoms with Crippen LogP contribution in [0.2, 0.25) is 0 Å². The molecule has 2 rings (SSSR count). The van der Waals surface area contributed by atoms with Crippen LogP contribution >= 0.6 is 0 Å². The summed E-state index contributed by atoms with van der Waals surface area (Å²) in [6, 6.07) is 4.25. The lowest BCUT2D eigenvalue weighted by Gasteiger charge is -2.09. The van der Waals surface area contributed by atoms with E-state index in [4.69, 9.17) is 15.2 Å². The summed E-state index contributed by atoms with van der Waals surface area (Å²) in [7, 11) is 3.25. The minimum Gasteiger partial charge on any atom is -0.493 e. The van der Waals surface area contributed by atoms with Crippen molar-refractivity contribution in [1.82, 2.24) is 5.32 Å². The molecule has 0 bridgehead atoms. The maximum Gasteiger partial charge on any atom is 0.231 e. The number of fused-ring (bicyclic) bond motifs is 1. The Balaban J connectivity index is 2.12. The Morgan fingerprint density at radius 3 is 2.17 bits per heavy atom. The molecule has 0 aromatic heterocycles. The first-order valence-electron chi connectivity index (χ1n) is 5.89. The van der Waals surface area contributed by atoms with Gasteiger partial charge in [0.05, 0.1) is 20.8 Å². The molecule has 0 heterocycles. The molecule has 0 fully saturated rings. The number of ether oxygens (including phenoxy) is 2. The molecule has 1 aromatic carbocycles. The van der Waals surface area contributed by atoms with E-state index >= 15 is 0 Å². The van der Waals surface area contributed by atoms with Gasteiger partial charge in [-0.2, -0.15) is 0 Å². The van der Waals surface area contributed by atoms with Gasteiger partial charge in [0.25, 0.3) is 0 Å². The second-order valence-corrected chi connectivity index (χ2v) is 4.43. The highest BCUT2D eigenvalue weighted by Crippen LogP contribution is 2.34. The number of carbonyl (C=O) groups excluding carboxylic acids is 1. The van der Waals surface area contributed by atoms with Crippen LogP contribution in [0.25, 0.3) is 0 Å². The quantitative estimate of drug-likeness (QED) is 0.785. The smallest absolute Gasteiger partial charge is 0.231 e. The Kier molecular flexibility index (Phi) is 3.72. The second kappa shape index (κ2) is 5.27. The molecule has 1 amide bonds. The fourth-order valence-electron chi connectivity index (χ4n) is 2.34. The molecule has 18 heavy (non-hydrogen) atoms. The number of hydrogen-bond donors (Lipinski definition) is 2. The van der Waals surface area contributed by atoms with Gasteiger partial charge in [-0.05, 0) is 36.1 Å². The molecule has 5 nitrogen and oxygen atoms in total. The van der Waals surface area contributed by atoms with Crippen LogP contribution in [0.1, 0.15) is 11.1 Å². The van der Waals surface area contributed by atoms with Gasteiger partial charge in [0.15, 0.2) is 11.5 Å². The Hall–Kier alpha value is -1.75. The molecule has 0 atom stereocenters. The van der Waals surface area contributed by atoms with Gasteiger partial charge in [0.1, 0.15) is 0 Å². The van der Waals surface area contributed by atoms with E-state index in [2.05, 4.69) is 5.32 Å². The van der Waals surface area contributed by atoms with Crippen molar-refractivity contribution < 1.29 is 14.3 Å². The number of nitrogens with one attached hydrogen (secondary N) is 1. The largest absolute Gasteiger partial charge is 0.493 e. The summed E-state index contributed by atoms with van der Waals surface area (Å²) in [6.45, 7) is 0.215. The molecule has 0 spiro atoms. The van der Waals surface area contributed by atoms with Crippen molar-refractivity contribution in [3.05, 3.63) is 23.3 Å². The monoisotopic (exact) mass is 250 g/mol. The van der Waals surface area contributed by atoms with Gasteiger partial charge in [-0.1, -0.05) is 0 Å². The van der Waals surface area contributed by atoms with E-state index in [1.807, 2.05) is 12.1 Å². The third-order valence-electron chi connectivity index (χ3n) is 3.20. The van der Waals surface area contributed by atoms with E-state index in [9.17, 15) is 4.79 Å². The first kappa shape index (κ1) is 12.7. The lowest BCUT2D eigenvalue weighted by molar-refractivity contribution is -0.117. The average molecular weight is 250 g/mol. The van der Waals surface area contributed by atoms with E-state index in [1.165, 1.54) is 11.1 Å². The summed E-state index contributed by atoms with van der Waals surface area (Å²) < 4.78 is 10.6. The van der Waals surface area contributed by atoms with Gasteiger partial charge in [0, 0.05) is 6.04 Å². The minimum atomic E-state index is -0.332. The maximum absolute atomic E-state index is 10.7. The van der Waals surface area contributed by atoms with Gasteiger partial charge in [-0.15, -0.1) is 0 Å². The van der Waals surface area contributed by atoms with Crippen molar-refractivity contribution in [3.63, 3.8) is 0 Å². The maximum atomic E-state index is 10.7. The average Bonchev–Trinajstić information content (AvgIpc) is 2.76. The molecule has 0 radical (unpaired) electrons. The van der Waals surface area contributed by atoms with Crippen LogP contribution in [0.15, 0.2) is 12.1 Å².